The lowest BCUT2D eigenvalue weighted by molar-refractivity contribution is 0.154. The summed E-state index contributed by atoms with van der Waals surface area (Å²) in [6, 6.07) is 0.665. The monoisotopic (exact) mass is 296 g/mol. The standard InChI is InChI=1S/C16H32N4O/c1-4-19-9-6-5-7-15(19)11-18-16(17-2)20-10-8-14(12-20)13-21-3/h14-15H,4-13H2,1-3H3,(H,17,18). The van der Waals surface area contributed by atoms with Crippen LogP contribution in [0.4, 0.5) is 0 Å². The molecule has 2 atom stereocenters. The minimum absolute atomic E-state index is 0.648. The number of aliphatic imine (C=N–C) groups is 1. The van der Waals surface area contributed by atoms with Crippen LogP contribution in [0.15, 0.2) is 4.99 Å². The van der Waals surface area contributed by atoms with Gasteiger partial charge < -0.3 is 15.0 Å². The first kappa shape index (κ1) is 16.6. The van der Waals surface area contributed by atoms with E-state index in [0.717, 1.165) is 38.7 Å². The molecule has 21 heavy (non-hydrogen) atoms. The summed E-state index contributed by atoms with van der Waals surface area (Å²) in [5.74, 6) is 1.71. The van der Waals surface area contributed by atoms with Crippen LogP contribution in [0.1, 0.15) is 32.6 Å². The fraction of sp³-hybridized carbons (Fsp3) is 0.938. The van der Waals surface area contributed by atoms with Crippen molar-refractivity contribution in [3.63, 3.8) is 0 Å². The predicted octanol–water partition coefficient (Wildman–Crippen LogP) is 1.40. The molecule has 0 radical (unpaired) electrons. The van der Waals surface area contributed by atoms with E-state index in [2.05, 4.69) is 27.0 Å². The van der Waals surface area contributed by atoms with E-state index in [1.54, 1.807) is 7.11 Å². The summed E-state index contributed by atoms with van der Waals surface area (Å²) in [4.78, 5) is 9.45. The molecule has 0 amide bonds. The molecule has 1 N–H and O–H groups in total. The van der Waals surface area contributed by atoms with E-state index < -0.39 is 0 Å². The normalized spacial score (nSPS) is 28.1. The van der Waals surface area contributed by atoms with Gasteiger partial charge in [-0.2, -0.15) is 0 Å². The van der Waals surface area contributed by atoms with Crippen LogP contribution < -0.4 is 5.32 Å². The molecule has 0 aromatic heterocycles. The van der Waals surface area contributed by atoms with Gasteiger partial charge in [-0.3, -0.25) is 9.89 Å². The van der Waals surface area contributed by atoms with Gasteiger partial charge in [-0.25, -0.2) is 0 Å². The number of piperidine rings is 1. The Morgan fingerprint density at radius 3 is 2.86 bits per heavy atom. The Morgan fingerprint density at radius 1 is 1.29 bits per heavy atom. The lowest BCUT2D eigenvalue weighted by Gasteiger charge is -2.35. The van der Waals surface area contributed by atoms with Crippen LogP contribution in [-0.2, 0) is 4.74 Å². The molecular weight excluding hydrogens is 264 g/mol. The van der Waals surface area contributed by atoms with Gasteiger partial charge in [0.15, 0.2) is 5.96 Å². The molecule has 2 aliphatic heterocycles. The number of nitrogens with one attached hydrogen (secondary N) is 1. The molecule has 0 spiro atoms. The third-order valence-corrected chi connectivity index (χ3v) is 4.85. The number of hydrogen-bond acceptors (Lipinski definition) is 3. The maximum absolute atomic E-state index is 5.28. The molecular formula is C16H32N4O. The van der Waals surface area contributed by atoms with Crippen LogP contribution >= 0.6 is 0 Å². The zero-order chi connectivity index (χ0) is 15.1. The lowest BCUT2D eigenvalue weighted by atomic mass is 10.0. The molecule has 0 aliphatic carbocycles. The lowest BCUT2D eigenvalue weighted by Crippen LogP contribution is -2.49. The second kappa shape index (κ2) is 8.59. The average Bonchev–Trinajstić information content (AvgIpc) is 2.97. The smallest absolute Gasteiger partial charge is 0.193 e. The number of likely N-dealkylation sites (N-methyl/N-ethyl adjacent to an activating group) is 1. The maximum atomic E-state index is 5.28. The SMILES string of the molecule is CCN1CCCCC1CNC(=NC)N1CCC(COC)C1. The first-order valence-corrected chi connectivity index (χ1v) is 8.47. The maximum Gasteiger partial charge on any atom is 0.193 e. The zero-order valence-electron chi connectivity index (χ0n) is 14.0. The van der Waals surface area contributed by atoms with E-state index >= 15 is 0 Å². The summed E-state index contributed by atoms with van der Waals surface area (Å²) in [6.45, 7) is 8.71. The molecule has 2 saturated heterocycles. The van der Waals surface area contributed by atoms with Crippen LogP contribution in [0.3, 0.4) is 0 Å². The number of likely N-dealkylation sites (tertiary alicyclic amines) is 2. The molecule has 5 nitrogen and oxygen atoms in total. The molecule has 2 heterocycles. The third kappa shape index (κ3) is 4.58. The summed E-state index contributed by atoms with van der Waals surface area (Å²) in [5, 5.41) is 3.60. The Balaban J connectivity index is 1.80. The van der Waals surface area contributed by atoms with E-state index in [4.69, 9.17) is 4.74 Å². The largest absolute Gasteiger partial charge is 0.384 e. The molecule has 2 rings (SSSR count). The summed E-state index contributed by atoms with van der Waals surface area (Å²) in [5.41, 5.74) is 0. The fourth-order valence-corrected chi connectivity index (χ4v) is 3.65. The van der Waals surface area contributed by atoms with Crippen molar-refractivity contribution in [2.75, 3.05) is 53.5 Å². The molecule has 0 saturated carbocycles. The van der Waals surface area contributed by atoms with Gasteiger partial charge >= 0.3 is 0 Å². The molecule has 2 fully saturated rings. The minimum Gasteiger partial charge on any atom is -0.384 e. The molecule has 122 valence electrons. The van der Waals surface area contributed by atoms with Crippen molar-refractivity contribution in [3.8, 4) is 0 Å². The number of guanidine groups is 1. The second-order valence-corrected chi connectivity index (χ2v) is 6.26. The highest BCUT2D eigenvalue weighted by molar-refractivity contribution is 5.80. The van der Waals surface area contributed by atoms with Crippen molar-refractivity contribution in [3.05, 3.63) is 0 Å². The highest BCUT2D eigenvalue weighted by atomic mass is 16.5. The molecule has 0 aromatic rings. The van der Waals surface area contributed by atoms with Crippen LogP contribution in [0.2, 0.25) is 0 Å². The number of ether oxygens (including phenoxy) is 1. The van der Waals surface area contributed by atoms with Gasteiger partial charge in [0, 0.05) is 45.8 Å². The second-order valence-electron chi connectivity index (χ2n) is 6.26. The highest BCUT2D eigenvalue weighted by Gasteiger charge is 2.26. The van der Waals surface area contributed by atoms with Gasteiger partial charge in [-0.1, -0.05) is 13.3 Å². The van der Waals surface area contributed by atoms with Crippen molar-refractivity contribution >= 4 is 5.96 Å². The van der Waals surface area contributed by atoms with Crippen LogP contribution in [0.5, 0.6) is 0 Å². The van der Waals surface area contributed by atoms with Gasteiger partial charge in [-0.15, -0.1) is 0 Å². The van der Waals surface area contributed by atoms with Crippen molar-refractivity contribution in [1.29, 1.82) is 0 Å². The first-order valence-electron chi connectivity index (χ1n) is 8.47. The average molecular weight is 296 g/mol. The highest BCUT2D eigenvalue weighted by Crippen LogP contribution is 2.18. The Morgan fingerprint density at radius 2 is 2.14 bits per heavy atom. The Kier molecular flexibility index (Phi) is 6.77. The van der Waals surface area contributed by atoms with E-state index in [9.17, 15) is 0 Å². The van der Waals surface area contributed by atoms with Crippen molar-refractivity contribution in [1.82, 2.24) is 15.1 Å². The molecule has 0 bridgehead atoms. The van der Waals surface area contributed by atoms with Crippen LogP contribution in [-0.4, -0.2) is 75.3 Å². The number of nitrogens with zero attached hydrogens (tertiary/aromatic N) is 3. The molecule has 2 unspecified atom stereocenters. The van der Waals surface area contributed by atoms with Gasteiger partial charge in [-0.05, 0) is 32.4 Å². The Labute approximate surface area is 129 Å². The summed E-state index contributed by atoms with van der Waals surface area (Å²) in [7, 11) is 3.68. The zero-order valence-corrected chi connectivity index (χ0v) is 14.0. The number of rotatable bonds is 5. The summed E-state index contributed by atoms with van der Waals surface area (Å²) >= 11 is 0. The third-order valence-electron chi connectivity index (χ3n) is 4.85. The molecule has 2 aliphatic rings. The predicted molar refractivity (Wildman–Crippen MR) is 87.8 cm³/mol. The van der Waals surface area contributed by atoms with Crippen molar-refractivity contribution in [2.45, 2.75) is 38.6 Å². The van der Waals surface area contributed by atoms with Gasteiger partial charge in [0.05, 0.1) is 6.61 Å². The quantitative estimate of drug-likeness (QED) is 0.615. The Hall–Kier alpha value is -0.810. The summed E-state index contributed by atoms with van der Waals surface area (Å²) in [6.07, 6.45) is 5.23. The van der Waals surface area contributed by atoms with E-state index in [1.165, 1.54) is 32.2 Å². The number of hydrogen-bond donors (Lipinski definition) is 1. The van der Waals surface area contributed by atoms with Gasteiger partial charge in [0.25, 0.3) is 0 Å². The fourth-order valence-electron chi connectivity index (χ4n) is 3.65. The van der Waals surface area contributed by atoms with E-state index in [1.807, 2.05) is 7.05 Å². The van der Waals surface area contributed by atoms with Crippen LogP contribution in [0.25, 0.3) is 0 Å². The summed E-state index contributed by atoms with van der Waals surface area (Å²) < 4.78 is 5.28. The minimum atomic E-state index is 0.648. The van der Waals surface area contributed by atoms with E-state index in [-0.39, 0.29) is 0 Å². The van der Waals surface area contributed by atoms with E-state index in [0.29, 0.717) is 12.0 Å². The number of methoxy groups -OCH3 is 1. The first-order chi connectivity index (χ1) is 10.3. The van der Waals surface area contributed by atoms with Crippen molar-refractivity contribution < 1.29 is 4.74 Å². The van der Waals surface area contributed by atoms with Crippen LogP contribution in [0, 0.1) is 5.92 Å². The molecule has 0 aromatic carbocycles. The molecule has 5 heteroatoms. The van der Waals surface area contributed by atoms with Gasteiger partial charge in [0.1, 0.15) is 0 Å². The Bertz CT molecular complexity index is 334. The van der Waals surface area contributed by atoms with Crippen molar-refractivity contribution in [2.24, 2.45) is 10.9 Å². The van der Waals surface area contributed by atoms with Gasteiger partial charge in [0.2, 0.25) is 0 Å². The topological polar surface area (TPSA) is 40.1 Å².